The molecule has 2 heterocycles. The minimum absolute atomic E-state index is 0.0822. The second kappa shape index (κ2) is 8.25. The number of ether oxygens (including phenoxy) is 1. The molecule has 0 radical (unpaired) electrons. The lowest BCUT2D eigenvalue weighted by molar-refractivity contribution is -0.117. The highest BCUT2D eigenvalue weighted by Gasteiger charge is 2.30. The van der Waals surface area contributed by atoms with E-state index in [-0.39, 0.29) is 23.9 Å². The zero-order chi connectivity index (χ0) is 17.8. The van der Waals surface area contributed by atoms with Crippen LogP contribution in [0.4, 0.5) is 10.1 Å². The SMILES string of the molecule is C[C@@H]1CN(C[C@H]2CCCN2CC(=O)Nc2cccc(F)c2)C[C@@H](C)O1. The lowest BCUT2D eigenvalue weighted by Gasteiger charge is -2.38. The first kappa shape index (κ1) is 18.3. The predicted molar refractivity (Wildman–Crippen MR) is 96.1 cm³/mol. The molecule has 138 valence electrons. The molecule has 1 amide bonds. The summed E-state index contributed by atoms with van der Waals surface area (Å²) in [6.07, 6.45) is 2.76. The molecule has 25 heavy (non-hydrogen) atoms. The van der Waals surface area contributed by atoms with E-state index in [4.69, 9.17) is 4.74 Å². The minimum Gasteiger partial charge on any atom is -0.373 e. The highest BCUT2D eigenvalue weighted by molar-refractivity contribution is 5.92. The lowest BCUT2D eigenvalue weighted by Crippen LogP contribution is -2.50. The van der Waals surface area contributed by atoms with Crippen LogP contribution in [-0.4, -0.2) is 66.7 Å². The summed E-state index contributed by atoms with van der Waals surface area (Å²) in [6, 6.07) is 6.42. The summed E-state index contributed by atoms with van der Waals surface area (Å²) in [5, 5.41) is 2.79. The van der Waals surface area contributed by atoms with E-state index in [1.54, 1.807) is 12.1 Å². The monoisotopic (exact) mass is 349 g/mol. The van der Waals surface area contributed by atoms with E-state index in [0.717, 1.165) is 39.0 Å². The fourth-order valence-corrected chi connectivity index (χ4v) is 3.99. The minimum atomic E-state index is -0.340. The number of carbonyl (C=O) groups excluding carboxylic acids is 1. The van der Waals surface area contributed by atoms with Crippen molar-refractivity contribution in [2.45, 2.75) is 44.9 Å². The summed E-state index contributed by atoms with van der Waals surface area (Å²) in [5.41, 5.74) is 0.511. The molecule has 0 unspecified atom stereocenters. The molecule has 1 aromatic rings. The van der Waals surface area contributed by atoms with Crippen LogP contribution in [0.25, 0.3) is 0 Å². The molecule has 3 atom stereocenters. The summed E-state index contributed by atoms with van der Waals surface area (Å²) >= 11 is 0. The molecule has 0 bridgehead atoms. The van der Waals surface area contributed by atoms with Crippen molar-refractivity contribution < 1.29 is 13.9 Å². The van der Waals surface area contributed by atoms with Gasteiger partial charge >= 0.3 is 0 Å². The third-order valence-corrected chi connectivity index (χ3v) is 4.92. The molecule has 0 saturated carbocycles. The quantitative estimate of drug-likeness (QED) is 0.886. The van der Waals surface area contributed by atoms with Gasteiger partial charge in [0.15, 0.2) is 0 Å². The Morgan fingerprint density at radius 3 is 2.80 bits per heavy atom. The third-order valence-electron chi connectivity index (χ3n) is 4.92. The summed E-state index contributed by atoms with van der Waals surface area (Å²) in [4.78, 5) is 17.0. The van der Waals surface area contributed by atoms with Gasteiger partial charge in [0.1, 0.15) is 5.82 Å². The largest absolute Gasteiger partial charge is 0.373 e. The van der Waals surface area contributed by atoms with E-state index < -0.39 is 0 Å². The fourth-order valence-electron chi connectivity index (χ4n) is 3.99. The topological polar surface area (TPSA) is 44.8 Å². The zero-order valence-electron chi connectivity index (χ0n) is 15.1. The van der Waals surface area contributed by atoms with Crippen molar-refractivity contribution in [3.63, 3.8) is 0 Å². The van der Waals surface area contributed by atoms with Crippen LogP contribution < -0.4 is 5.32 Å². The second-order valence-corrected chi connectivity index (χ2v) is 7.30. The number of morpholine rings is 1. The van der Waals surface area contributed by atoms with E-state index in [1.807, 2.05) is 0 Å². The maximum Gasteiger partial charge on any atom is 0.238 e. The van der Waals surface area contributed by atoms with Gasteiger partial charge in [0.2, 0.25) is 5.91 Å². The molecule has 0 aromatic heterocycles. The standard InChI is InChI=1S/C19H28FN3O2/c1-14-10-22(11-15(2)25-14)12-18-7-4-8-23(18)13-19(24)21-17-6-3-5-16(20)9-17/h3,5-6,9,14-15,18H,4,7-8,10-13H2,1-2H3,(H,21,24)/t14-,15-,18-/m1/s1. The average molecular weight is 349 g/mol. The molecule has 0 aliphatic carbocycles. The van der Waals surface area contributed by atoms with E-state index in [9.17, 15) is 9.18 Å². The van der Waals surface area contributed by atoms with Crippen LogP contribution in [0.15, 0.2) is 24.3 Å². The summed E-state index contributed by atoms with van der Waals surface area (Å²) in [7, 11) is 0. The average Bonchev–Trinajstić information content (AvgIpc) is 2.93. The second-order valence-electron chi connectivity index (χ2n) is 7.30. The van der Waals surface area contributed by atoms with Gasteiger partial charge in [-0.15, -0.1) is 0 Å². The molecule has 2 fully saturated rings. The van der Waals surface area contributed by atoms with Gasteiger partial charge < -0.3 is 10.1 Å². The number of anilines is 1. The Hall–Kier alpha value is -1.50. The van der Waals surface area contributed by atoms with E-state index in [1.165, 1.54) is 12.1 Å². The Labute approximate surface area is 149 Å². The number of carbonyl (C=O) groups is 1. The van der Waals surface area contributed by atoms with E-state index in [0.29, 0.717) is 18.3 Å². The van der Waals surface area contributed by atoms with E-state index >= 15 is 0 Å². The molecule has 6 heteroatoms. The molecule has 2 aliphatic rings. The predicted octanol–water partition coefficient (Wildman–Crippen LogP) is 2.34. The Kier molecular flexibility index (Phi) is 6.04. The highest BCUT2D eigenvalue weighted by atomic mass is 19.1. The van der Waals surface area contributed by atoms with Gasteiger partial charge in [0.05, 0.1) is 18.8 Å². The van der Waals surface area contributed by atoms with Crippen LogP contribution in [0, 0.1) is 5.82 Å². The maximum atomic E-state index is 13.2. The molecular weight excluding hydrogens is 321 g/mol. The zero-order valence-corrected chi connectivity index (χ0v) is 15.1. The van der Waals surface area contributed by atoms with Crippen molar-refractivity contribution >= 4 is 11.6 Å². The van der Waals surface area contributed by atoms with E-state index in [2.05, 4.69) is 29.0 Å². The molecule has 1 N–H and O–H groups in total. The number of rotatable bonds is 5. The van der Waals surface area contributed by atoms with Crippen LogP contribution in [0.3, 0.4) is 0 Å². The molecule has 3 rings (SSSR count). The smallest absolute Gasteiger partial charge is 0.238 e. The molecule has 5 nitrogen and oxygen atoms in total. The molecule has 2 aliphatic heterocycles. The van der Waals surface area contributed by atoms with Crippen LogP contribution in [0.2, 0.25) is 0 Å². The number of nitrogens with one attached hydrogen (secondary N) is 1. The Balaban J connectivity index is 1.52. The number of nitrogens with zero attached hydrogens (tertiary/aromatic N) is 2. The van der Waals surface area contributed by atoms with Crippen molar-refractivity contribution in [1.29, 1.82) is 0 Å². The van der Waals surface area contributed by atoms with Crippen molar-refractivity contribution in [2.75, 3.05) is 38.0 Å². The van der Waals surface area contributed by atoms with Gasteiger partial charge in [-0.3, -0.25) is 14.6 Å². The number of likely N-dealkylation sites (tertiary alicyclic amines) is 1. The van der Waals surface area contributed by atoms with Crippen molar-refractivity contribution in [1.82, 2.24) is 9.80 Å². The Morgan fingerprint density at radius 1 is 1.32 bits per heavy atom. The normalized spacial score (nSPS) is 28.2. The molecule has 0 spiro atoms. The first-order chi connectivity index (χ1) is 12.0. The van der Waals surface area contributed by atoms with Gasteiger partial charge in [0, 0.05) is 31.4 Å². The van der Waals surface area contributed by atoms with Gasteiger partial charge in [-0.2, -0.15) is 0 Å². The van der Waals surface area contributed by atoms with Crippen LogP contribution in [0.1, 0.15) is 26.7 Å². The van der Waals surface area contributed by atoms with Crippen molar-refractivity contribution in [2.24, 2.45) is 0 Å². The first-order valence-electron chi connectivity index (χ1n) is 9.17. The van der Waals surface area contributed by atoms with Crippen LogP contribution >= 0.6 is 0 Å². The first-order valence-corrected chi connectivity index (χ1v) is 9.17. The maximum absolute atomic E-state index is 13.2. The van der Waals surface area contributed by atoms with Gasteiger partial charge in [-0.25, -0.2) is 4.39 Å². The number of halogens is 1. The molecule has 1 aromatic carbocycles. The molecular formula is C19H28FN3O2. The van der Waals surface area contributed by atoms with Crippen LogP contribution in [0.5, 0.6) is 0 Å². The lowest BCUT2D eigenvalue weighted by atomic mass is 10.1. The number of hydrogen-bond donors (Lipinski definition) is 1. The Morgan fingerprint density at radius 2 is 2.08 bits per heavy atom. The number of amides is 1. The summed E-state index contributed by atoms with van der Waals surface area (Å²) in [6.45, 7) is 8.40. The van der Waals surface area contributed by atoms with Gasteiger partial charge in [-0.05, 0) is 51.4 Å². The highest BCUT2D eigenvalue weighted by Crippen LogP contribution is 2.20. The van der Waals surface area contributed by atoms with Crippen molar-refractivity contribution in [3.05, 3.63) is 30.1 Å². The molecule has 2 saturated heterocycles. The number of benzene rings is 1. The van der Waals surface area contributed by atoms with Gasteiger partial charge in [0.25, 0.3) is 0 Å². The van der Waals surface area contributed by atoms with Gasteiger partial charge in [-0.1, -0.05) is 6.07 Å². The fraction of sp³-hybridized carbons (Fsp3) is 0.632. The van der Waals surface area contributed by atoms with Crippen molar-refractivity contribution in [3.8, 4) is 0 Å². The summed E-state index contributed by atoms with van der Waals surface area (Å²) < 4.78 is 19.0. The summed E-state index contributed by atoms with van der Waals surface area (Å²) in [5.74, 6) is -0.423. The van der Waals surface area contributed by atoms with Crippen LogP contribution in [-0.2, 0) is 9.53 Å². The Bertz CT molecular complexity index is 588. The third kappa shape index (κ3) is 5.23. The number of hydrogen-bond acceptors (Lipinski definition) is 4.